The number of amides is 1. The van der Waals surface area contributed by atoms with E-state index in [1.165, 1.54) is 18.2 Å². The van der Waals surface area contributed by atoms with Gasteiger partial charge >= 0.3 is 0 Å². The second kappa shape index (κ2) is 8.06. The number of carbonyl (C=O) groups excluding carboxylic acids is 1. The fraction of sp³-hybridized carbons (Fsp3) is 0.462. The zero-order valence-electron chi connectivity index (χ0n) is 10.2. The lowest BCUT2D eigenvalue weighted by atomic mass is 10.1. The summed E-state index contributed by atoms with van der Waals surface area (Å²) in [5.74, 6) is -0.568. The van der Waals surface area contributed by atoms with Crippen molar-refractivity contribution < 1.29 is 9.18 Å². The van der Waals surface area contributed by atoms with Crippen molar-refractivity contribution >= 4 is 23.2 Å². The molecule has 100 valence electrons. The number of hydrogen-bond acceptors (Lipinski definition) is 2. The van der Waals surface area contributed by atoms with E-state index in [2.05, 4.69) is 5.32 Å². The monoisotopic (exact) mass is 272 g/mol. The Balaban J connectivity index is 2.29. The summed E-state index contributed by atoms with van der Waals surface area (Å²) in [7, 11) is 0. The minimum atomic E-state index is -0.489. The molecule has 0 spiro atoms. The van der Waals surface area contributed by atoms with Crippen LogP contribution in [0.1, 0.15) is 32.1 Å². The molecule has 3 N–H and O–H groups in total. The average molecular weight is 273 g/mol. The summed E-state index contributed by atoms with van der Waals surface area (Å²) >= 11 is 5.62. The summed E-state index contributed by atoms with van der Waals surface area (Å²) in [4.78, 5) is 11.6. The molecule has 0 radical (unpaired) electrons. The maximum absolute atomic E-state index is 12.9. The highest BCUT2D eigenvalue weighted by molar-refractivity contribution is 6.31. The summed E-state index contributed by atoms with van der Waals surface area (Å²) < 4.78 is 12.9. The minimum Gasteiger partial charge on any atom is -0.330 e. The highest BCUT2D eigenvalue weighted by Crippen LogP contribution is 2.19. The van der Waals surface area contributed by atoms with Gasteiger partial charge in [-0.3, -0.25) is 4.79 Å². The number of nitrogens with one attached hydrogen (secondary N) is 1. The van der Waals surface area contributed by atoms with Crippen molar-refractivity contribution in [3.8, 4) is 0 Å². The molecule has 1 amide bonds. The van der Waals surface area contributed by atoms with Crippen LogP contribution >= 0.6 is 11.6 Å². The zero-order chi connectivity index (χ0) is 13.4. The molecule has 0 aliphatic heterocycles. The highest BCUT2D eigenvalue weighted by atomic mass is 35.5. The molecule has 1 aromatic carbocycles. The van der Waals surface area contributed by atoms with Gasteiger partial charge in [-0.25, -0.2) is 4.39 Å². The maximum atomic E-state index is 12.9. The van der Waals surface area contributed by atoms with Gasteiger partial charge in [0.1, 0.15) is 5.82 Å². The molecule has 5 heteroatoms. The normalized spacial score (nSPS) is 10.4. The van der Waals surface area contributed by atoms with Gasteiger partial charge in [0, 0.05) is 12.1 Å². The van der Waals surface area contributed by atoms with Crippen LogP contribution in [0.15, 0.2) is 18.2 Å². The zero-order valence-corrected chi connectivity index (χ0v) is 11.0. The van der Waals surface area contributed by atoms with Crippen LogP contribution in [0.4, 0.5) is 10.1 Å². The second-order valence-corrected chi connectivity index (χ2v) is 4.54. The van der Waals surface area contributed by atoms with Crippen LogP contribution in [-0.4, -0.2) is 12.5 Å². The van der Waals surface area contributed by atoms with Gasteiger partial charge in [0.25, 0.3) is 0 Å². The molecule has 3 nitrogen and oxygen atoms in total. The van der Waals surface area contributed by atoms with Gasteiger partial charge in [-0.1, -0.05) is 24.4 Å². The number of anilines is 1. The van der Waals surface area contributed by atoms with Crippen LogP contribution in [-0.2, 0) is 4.79 Å². The summed E-state index contributed by atoms with van der Waals surface area (Å²) in [6.45, 7) is 0.695. The first-order valence-corrected chi connectivity index (χ1v) is 6.46. The fourth-order valence-electron chi connectivity index (χ4n) is 1.58. The molecule has 0 unspecified atom stereocenters. The largest absolute Gasteiger partial charge is 0.330 e. The molecular weight excluding hydrogens is 255 g/mol. The van der Waals surface area contributed by atoms with Gasteiger partial charge in [0.05, 0.1) is 5.02 Å². The van der Waals surface area contributed by atoms with Crippen molar-refractivity contribution in [3.05, 3.63) is 29.0 Å². The minimum absolute atomic E-state index is 0.00995. The third-order valence-electron chi connectivity index (χ3n) is 2.56. The van der Waals surface area contributed by atoms with Crippen molar-refractivity contribution in [1.82, 2.24) is 0 Å². The Labute approximate surface area is 112 Å². The number of benzene rings is 1. The van der Waals surface area contributed by atoms with Crippen LogP contribution < -0.4 is 11.1 Å². The summed E-state index contributed by atoms with van der Waals surface area (Å²) in [5.41, 5.74) is 5.90. The smallest absolute Gasteiger partial charge is 0.224 e. The molecule has 0 heterocycles. The third kappa shape index (κ3) is 5.47. The number of carbonyl (C=O) groups is 1. The molecule has 0 bridgehead atoms. The van der Waals surface area contributed by atoms with Gasteiger partial charge < -0.3 is 11.1 Å². The van der Waals surface area contributed by atoms with Gasteiger partial charge in [0.2, 0.25) is 5.91 Å². The number of unbranched alkanes of at least 4 members (excludes halogenated alkanes) is 3. The Bertz CT molecular complexity index is 399. The van der Waals surface area contributed by atoms with Crippen LogP contribution in [0.5, 0.6) is 0 Å². The molecule has 18 heavy (non-hydrogen) atoms. The van der Waals surface area contributed by atoms with Gasteiger partial charge in [-0.15, -0.1) is 0 Å². The van der Waals surface area contributed by atoms with Crippen molar-refractivity contribution in [1.29, 1.82) is 0 Å². The SMILES string of the molecule is NCCCCCCC(=O)Nc1ccc(F)c(Cl)c1. The van der Waals surface area contributed by atoms with Crippen LogP contribution in [0.25, 0.3) is 0 Å². The van der Waals surface area contributed by atoms with Crippen molar-refractivity contribution in [3.63, 3.8) is 0 Å². The van der Waals surface area contributed by atoms with Crippen LogP contribution in [0.2, 0.25) is 5.02 Å². The molecule has 0 saturated heterocycles. The average Bonchev–Trinajstić information content (AvgIpc) is 2.34. The Kier molecular flexibility index (Phi) is 6.68. The molecular formula is C13H18ClFN2O. The van der Waals surface area contributed by atoms with Crippen LogP contribution in [0, 0.1) is 5.82 Å². The van der Waals surface area contributed by atoms with Gasteiger partial charge in [0.15, 0.2) is 0 Å². The first kappa shape index (κ1) is 14.9. The number of nitrogens with two attached hydrogens (primary N) is 1. The topological polar surface area (TPSA) is 55.1 Å². The predicted molar refractivity (Wildman–Crippen MR) is 72.2 cm³/mol. The Morgan fingerprint density at radius 1 is 1.28 bits per heavy atom. The molecule has 0 aliphatic rings. The lowest BCUT2D eigenvalue weighted by molar-refractivity contribution is -0.116. The number of halogens is 2. The quantitative estimate of drug-likeness (QED) is 0.748. The molecule has 0 fully saturated rings. The molecule has 0 aromatic heterocycles. The van der Waals surface area contributed by atoms with E-state index < -0.39 is 5.82 Å². The Morgan fingerprint density at radius 2 is 2.00 bits per heavy atom. The van der Waals surface area contributed by atoms with E-state index >= 15 is 0 Å². The van der Waals surface area contributed by atoms with Gasteiger partial charge in [-0.05, 0) is 37.6 Å². The summed E-state index contributed by atoms with van der Waals surface area (Å²) in [6.07, 6.45) is 4.33. The van der Waals surface area contributed by atoms with Crippen molar-refractivity contribution in [2.24, 2.45) is 5.73 Å². The Morgan fingerprint density at radius 3 is 2.67 bits per heavy atom. The Hall–Kier alpha value is -1.13. The lowest BCUT2D eigenvalue weighted by Crippen LogP contribution is -2.11. The molecule has 1 aromatic rings. The fourth-order valence-corrected chi connectivity index (χ4v) is 1.76. The molecule has 0 aliphatic carbocycles. The van der Waals surface area contributed by atoms with E-state index in [0.29, 0.717) is 18.7 Å². The van der Waals surface area contributed by atoms with E-state index in [9.17, 15) is 9.18 Å². The van der Waals surface area contributed by atoms with E-state index in [4.69, 9.17) is 17.3 Å². The second-order valence-electron chi connectivity index (χ2n) is 4.13. The van der Waals surface area contributed by atoms with E-state index in [0.717, 1.165) is 25.7 Å². The molecule has 0 atom stereocenters. The summed E-state index contributed by atoms with van der Waals surface area (Å²) in [5, 5.41) is 2.70. The number of hydrogen-bond donors (Lipinski definition) is 2. The van der Waals surface area contributed by atoms with Gasteiger partial charge in [-0.2, -0.15) is 0 Å². The first-order valence-electron chi connectivity index (χ1n) is 6.08. The third-order valence-corrected chi connectivity index (χ3v) is 2.85. The van der Waals surface area contributed by atoms with Crippen molar-refractivity contribution in [2.45, 2.75) is 32.1 Å². The van der Waals surface area contributed by atoms with E-state index in [1.807, 2.05) is 0 Å². The van der Waals surface area contributed by atoms with Crippen molar-refractivity contribution in [2.75, 3.05) is 11.9 Å². The molecule has 1 rings (SSSR count). The van der Waals surface area contributed by atoms with E-state index in [-0.39, 0.29) is 10.9 Å². The standard InChI is InChI=1S/C13H18ClFN2O/c14-11-9-10(6-7-12(11)15)17-13(18)5-3-1-2-4-8-16/h6-7,9H,1-5,8,16H2,(H,17,18). The first-order chi connectivity index (χ1) is 8.63. The number of rotatable bonds is 7. The highest BCUT2D eigenvalue weighted by Gasteiger charge is 2.05. The van der Waals surface area contributed by atoms with Crippen LogP contribution in [0.3, 0.4) is 0 Å². The lowest BCUT2D eigenvalue weighted by Gasteiger charge is -2.06. The summed E-state index contributed by atoms with van der Waals surface area (Å²) in [6, 6.07) is 4.13. The van der Waals surface area contributed by atoms with E-state index in [1.54, 1.807) is 0 Å². The maximum Gasteiger partial charge on any atom is 0.224 e. The predicted octanol–water partition coefficient (Wildman–Crippen LogP) is 3.33. The molecule has 0 saturated carbocycles.